The quantitative estimate of drug-likeness (QED) is 0.771. The molecule has 0 fully saturated rings. The Kier molecular flexibility index (Phi) is 5.46. The minimum atomic E-state index is -0.560. The van der Waals surface area contributed by atoms with E-state index in [0.29, 0.717) is 19.1 Å². The molecule has 1 aromatic rings. The average Bonchev–Trinajstić information content (AvgIpc) is 2.29. The largest absolute Gasteiger partial charge is 0.389 e. The van der Waals surface area contributed by atoms with E-state index in [4.69, 9.17) is 10.5 Å². The van der Waals surface area contributed by atoms with Gasteiger partial charge in [-0.1, -0.05) is 38.1 Å². The van der Waals surface area contributed by atoms with Crippen LogP contribution >= 0.6 is 0 Å². The summed E-state index contributed by atoms with van der Waals surface area (Å²) in [6, 6.07) is 8.35. The van der Waals surface area contributed by atoms with Gasteiger partial charge in [0.05, 0.1) is 19.3 Å². The van der Waals surface area contributed by atoms with Crippen LogP contribution in [-0.2, 0) is 11.3 Å². The van der Waals surface area contributed by atoms with E-state index in [9.17, 15) is 5.11 Å². The molecule has 0 aliphatic carbocycles. The molecule has 0 unspecified atom stereocenters. The molecule has 0 heterocycles. The summed E-state index contributed by atoms with van der Waals surface area (Å²) in [5.41, 5.74) is 7.72. The van der Waals surface area contributed by atoms with E-state index in [-0.39, 0.29) is 6.54 Å². The lowest BCUT2D eigenvalue weighted by Gasteiger charge is -2.10. The maximum atomic E-state index is 9.20. The Morgan fingerprint density at radius 2 is 1.88 bits per heavy atom. The molecule has 16 heavy (non-hydrogen) atoms. The van der Waals surface area contributed by atoms with Crippen molar-refractivity contribution in [1.29, 1.82) is 0 Å². The molecule has 0 bridgehead atoms. The zero-order valence-corrected chi connectivity index (χ0v) is 10.0. The number of rotatable bonds is 6. The van der Waals surface area contributed by atoms with Crippen LogP contribution in [0.25, 0.3) is 0 Å². The Hall–Kier alpha value is -0.900. The van der Waals surface area contributed by atoms with Crippen molar-refractivity contribution in [3.63, 3.8) is 0 Å². The average molecular weight is 223 g/mol. The van der Waals surface area contributed by atoms with Gasteiger partial charge in [-0.15, -0.1) is 0 Å². The molecule has 0 radical (unpaired) electrons. The van der Waals surface area contributed by atoms with Crippen LogP contribution in [0.15, 0.2) is 24.3 Å². The highest BCUT2D eigenvalue weighted by Gasteiger charge is 2.02. The molecule has 3 nitrogen and oxygen atoms in total. The van der Waals surface area contributed by atoms with Crippen LogP contribution in [0.1, 0.15) is 30.9 Å². The second-order valence-electron chi connectivity index (χ2n) is 4.30. The predicted octanol–water partition coefficient (Wildman–Crippen LogP) is 1.65. The van der Waals surface area contributed by atoms with Crippen LogP contribution in [0.5, 0.6) is 0 Å². The van der Waals surface area contributed by atoms with Gasteiger partial charge in [-0.3, -0.25) is 0 Å². The van der Waals surface area contributed by atoms with E-state index in [0.717, 1.165) is 5.56 Å². The van der Waals surface area contributed by atoms with E-state index < -0.39 is 6.10 Å². The minimum absolute atomic E-state index is 0.242. The fraction of sp³-hybridized carbons (Fsp3) is 0.538. The first-order valence-corrected chi connectivity index (χ1v) is 5.68. The van der Waals surface area contributed by atoms with Gasteiger partial charge in [0.15, 0.2) is 0 Å². The number of aliphatic hydroxyl groups excluding tert-OH is 1. The summed E-state index contributed by atoms with van der Waals surface area (Å²) in [5.74, 6) is 0.550. The third-order valence-corrected chi connectivity index (χ3v) is 2.50. The van der Waals surface area contributed by atoms with Gasteiger partial charge in [-0.2, -0.15) is 0 Å². The van der Waals surface area contributed by atoms with Crippen molar-refractivity contribution in [3.05, 3.63) is 35.4 Å². The molecule has 1 atom stereocenters. The van der Waals surface area contributed by atoms with E-state index >= 15 is 0 Å². The zero-order valence-electron chi connectivity index (χ0n) is 10.0. The maximum absolute atomic E-state index is 9.20. The lowest BCUT2D eigenvalue weighted by atomic mass is 10.0. The molecular formula is C13H21NO2. The van der Waals surface area contributed by atoms with Crippen molar-refractivity contribution in [1.82, 2.24) is 0 Å². The van der Waals surface area contributed by atoms with Crippen molar-refractivity contribution in [2.75, 3.05) is 13.2 Å². The Morgan fingerprint density at radius 3 is 2.38 bits per heavy atom. The fourth-order valence-electron chi connectivity index (χ4n) is 1.38. The van der Waals surface area contributed by atoms with Crippen molar-refractivity contribution in [3.8, 4) is 0 Å². The zero-order chi connectivity index (χ0) is 12.0. The molecular weight excluding hydrogens is 202 g/mol. The summed E-state index contributed by atoms with van der Waals surface area (Å²) in [6.07, 6.45) is -0.560. The molecule has 0 saturated heterocycles. The monoisotopic (exact) mass is 223 g/mol. The highest BCUT2D eigenvalue weighted by Crippen LogP contribution is 2.14. The first-order valence-electron chi connectivity index (χ1n) is 5.68. The topological polar surface area (TPSA) is 55.5 Å². The van der Waals surface area contributed by atoms with Gasteiger partial charge in [0.2, 0.25) is 0 Å². The molecule has 0 spiro atoms. The highest BCUT2D eigenvalue weighted by atomic mass is 16.5. The molecule has 0 aliphatic rings. The fourth-order valence-corrected chi connectivity index (χ4v) is 1.38. The Morgan fingerprint density at radius 1 is 1.25 bits per heavy atom. The lowest BCUT2D eigenvalue weighted by molar-refractivity contribution is 0.0329. The smallest absolute Gasteiger partial charge is 0.0895 e. The van der Waals surface area contributed by atoms with E-state index in [1.807, 2.05) is 0 Å². The third-order valence-electron chi connectivity index (χ3n) is 2.50. The summed E-state index contributed by atoms with van der Waals surface area (Å²) in [4.78, 5) is 0. The van der Waals surface area contributed by atoms with Crippen molar-refractivity contribution in [2.24, 2.45) is 5.73 Å². The Labute approximate surface area is 97.2 Å². The standard InChI is InChI=1S/C13H21NO2/c1-10(2)12-5-3-11(4-6-12)8-16-9-13(15)7-14/h3-6,10,13,15H,7-9,14H2,1-2H3/t13-/m0/s1. The predicted molar refractivity (Wildman–Crippen MR) is 65.2 cm³/mol. The maximum Gasteiger partial charge on any atom is 0.0895 e. The normalized spacial score (nSPS) is 13.1. The van der Waals surface area contributed by atoms with Gasteiger partial charge in [0, 0.05) is 6.54 Å². The van der Waals surface area contributed by atoms with Crippen molar-refractivity contribution >= 4 is 0 Å². The number of nitrogens with two attached hydrogens (primary N) is 1. The number of benzene rings is 1. The first kappa shape index (κ1) is 13.2. The van der Waals surface area contributed by atoms with E-state index in [1.54, 1.807) is 0 Å². The van der Waals surface area contributed by atoms with Crippen LogP contribution in [0.4, 0.5) is 0 Å². The van der Waals surface area contributed by atoms with Crippen molar-refractivity contribution in [2.45, 2.75) is 32.5 Å². The highest BCUT2D eigenvalue weighted by molar-refractivity contribution is 5.24. The Balaban J connectivity index is 2.38. The van der Waals surface area contributed by atoms with Crippen LogP contribution in [0.2, 0.25) is 0 Å². The molecule has 0 aliphatic heterocycles. The van der Waals surface area contributed by atoms with Crippen LogP contribution in [-0.4, -0.2) is 24.4 Å². The number of ether oxygens (including phenoxy) is 1. The van der Waals surface area contributed by atoms with Crippen molar-refractivity contribution < 1.29 is 9.84 Å². The second kappa shape index (κ2) is 6.63. The lowest BCUT2D eigenvalue weighted by Crippen LogP contribution is -2.24. The van der Waals surface area contributed by atoms with Crippen LogP contribution in [0.3, 0.4) is 0 Å². The molecule has 3 N–H and O–H groups in total. The SMILES string of the molecule is CC(C)c1ccc(COC[C@@H](O)CN)cc1. The molecule has 90 valence electrons. The van der Waals surface area contributed by atoms with Gasteiger partial charge in [0.1, 0.15) is 0 Å². The summed E-state index contributed by atoms with van der Waals surface area (Å²) >= 11 is 0. The summed E-state index contributed by atoms with van der Waals surface area (Å²) < 4.78 is 5.34. The number of hydrogen-bond acceptors (Lipinski definition) is 3. The van der Waals surface area contributed by atoms with Gasteiger partial charge in [-0.05, 0) is 17.0 Å². The van der Waals surface area contributed by atoms with Crippen LogP contribution < -0.4 is 5.73 Å². The van der Waals surface area contributed by atoms with Gasteiger partial charge >= 0.3 is 0 Å². The molecule has 3 heteroatoms. The Bertz CT molecular complexity index is 295. The molecule has 0 amide bonds. The minimum Gasteiger partial charge on any atom is -0.389 e. The molecule has 0 aromatic heterocycles. The summed E-state index contributed by atoms with van der Waals surface area (Å²) in [7, 11) is 0. The van der Waals surface area contributed by atoms with Gasteiger partial charge in [0.25, 0.3) is 0 Å². The van der Waals surface area contributed by atoms with E-state index in [1.165, 1.54) is 5.56 Å². The molecule has 1 aromatic carbocycles. The summed E-state index contributed by atoms with van der Waals surface area (Å²) in [5, 5.41) is 9.20. The first-order chi connectivity index (χ1) is 7.63. The number of hydrogen-bond donors (Lipinski definition) is 2. The second-order valence-corrected chi connectivity index (χ2v) is 4.30. The van der Waals surface area contributed by atoms with Gasteiger partial charge in [-0.25, -0.2) is 0 Å². The van der Waals surface area contributed by atoms with Crippen LogP contribution in [0, 0.1) is 0 Å². The van der Waals surface area contributed by atoms with Gasteiger partial charge < -0.3 is 15.6 Å². The third kappa shape index (κ3) is 4.31. The van der Waals surface area contributed by atoms with E-state index in [2.05, 4.69) is 38.1 Å². The summed E-state index contributed by atoms with van der Waals surface area (Å²) in [6.45, 7) is 5.40. The molecule has 0 saturated carbocycles. The molecule has 1 rings (SSSR count). The number of aliphatic hydroxyl groups is 1.